The number of aromatic nitrogens is 1. The lowest BCUT2D eigenvalue weighted by molar-refractivity contribution is 0.855. The van der Waals surface area contributed by atoms with Crippen molar-refractivity contribution < 1.29 is 0 Å². The molecule has 0 spiro atoms. The SMILES string of the molecule is C#CC(CC)Nc1ccncc1C. The summed E-state index contributed by atoms with van der Waals surface area (Å²) in [4.78, 5) is 4.01. The van der Waals surface area contributed by atoms with Gasteiger partial charge in [0.15, 0.2) is 0 Å². The van der Waals surface area contributed by atoms with Crippen LogP contribution in [0.25, 0.3) is 0 Å². The molecular weight excluding hydrogens is 160 g/mol. The Kier molecular flexibility index (Phi) is 3.33. The Labute approximate surface area is 79.4 Å². The molecule has 1 aromatic rings. The molecule has 1 aromatic heterocycles. The van der Waals surface area contributed by atoms with Crippen LogP contribution >= 0.6 is 0 Å². The van der Waals surface area contributed by atoms with E-state index < -0.39 is 0 Å². The highest BCUT2D eigenvalue weighted by Gasteiger charge is 2.02. The highest BCUT2D eigenvalue weighted by molar-refractivity contribution is 5.50. The van der Waals surface area contributed by atoms with Crippen molar-refractivity contribution in [3.63, 3.8) is 0 Å². The van der Waals surface area contributed by atoms with Crippen LogP contribution in [-0.2, 0) is 0 Å². The Hall–Kier alpha value is -1.49. The van der Waals surface area contributed by atoms with Crippen molar-refractivity contribution in [1.29, 1.82) is 0 Å². The normalized spacial score (nSPS) is 11.8. The number of rotatable bonds is 3. The summed E-state index contributed by atoms with van der Waals surface area (Å²) in [6.07, 6.45) is 9.87. The third-order valence-electron chi connectivity index (χ3n) is 1.96. The topological polar surface area (TPSA) is 24.9 Å². The van der Waals surface area contributed by atoms with Gasteiger partial charge in [-0.25, -0.2) is 0 Å². The average molecular weight is 174 g/mol. The van der Waals surface area contributed by atoms with E-state index in [9.17, 15) is 0 Å². The average Bonchev–Trinajstić information content (AvgIpc) is 2.17. The molecule has 13 heavy (non-hydrogen) atoms. The van der Waals surface area contributed by atoms with E-state index in [4.69, 9.17) is 6.42 Å². The van der Waals surface area contributed by atoms with E-state index in [0.29, 0.717) is 0 Å². The molecule has 0 saturated carbocycles. The summed E-state index contributed by atoms with van der Waals surface area (Å²) in [6.45, 7) is 4.08. The number of terminal acetylenes is 1. The first-order chi connectivity index (χ1) is 6.27. The third-order valence-corrected chi connectivity index (χ3v) is 1.96. The molecule has 0 aliphatic heterocycles. The zero-order valence-electron chi connectivity index (χ0n) is 8.04. The van der Waals surface area contributed by atoms with E-state index in [1.165, 1.54) is 0 Å². The minimum atomic E-state index is 0.112. The highest BCUT2D eigenvalue weighted by atomic mass is 14.9. The van der Waals surface area contributed by atoms with Crippen molar-refractivity contribution in [1.82, 2.24) is 4.98 Å². The van der Waals surface area contributed by atoms with E-state index in [0.717, 1.165) is 17.7 Å². The Morgan fingerprint density at radius 2 is 2.46 bits per heavy atom. The van der Waals surface area contributed by atoms with Crippen molar-refractivity contribution in [3.8, 4) is 12.3 Å². The molecule has 0 aliphatic carbocycles. The van der Waals surface area contributed by atoms with E-state index >= 15 is 0 Å². The summed E-state index contributed by atoms with van der Waals surface area (Å²) in [6, 6.07) is 2.05. The largest absolute Gasteiger partial charge is 0.371 e. The second-order valence-electron chi connectivity index (χ2n) is 2.96. The summed E-state index contributed by atoms with van der Waals surface area (Å²) >= 11 is 0. The molecule has 0 aromatic carbocycles. The fourth-order valence-corrected chi connectivity index (χ4v) is 1.08. The standard InChI is InChI=1S/C11H14N2/c1-4-10(5-2)13-11-6-7-12-8-9(11)3/h1,6-8,10H,5H2,2-3H3,(H,12,13). The van der Waals surface area contributed by atoms with Crippen molar-refractivity contribution >= 4 is 5.69 Å². The van der Waals surface area contributed by atoms with Gasteiger partial charge in [-0.2, -0.15) is 0 Å². The van der Waals surface area contributed by atoms with Crippen molar-refractivity contribution in [2.75, 3.05) is 5.32 Å². The van der Waals surface area contributed by atoms with Gasteiger partial charge < -0.3 is 5.32 Å². The van der Waals surface area contributed by atoms with Gasteiger partial charge >= 0.3 is 0 Å². The molecule has 0 amide bonds. The molecule has 68 valence electrons. The first-order valence-electron chi connectivity index (χ1n) is 4.41. The van der Waals surface area contributed by atoms with E-state index in [-0.39, 0.29) is 6.04 Å². The van der Waals surface area contributed by atoms with Crippen LogP contribution in [0.4, 0.5) is 5.69 Å². The van der Waals surface area contributed by atoms with Gasteiger partial charge in [0.05, 0.1) is 6.04 Å². The minimum Gasteiger partial charge on any atom is -0.371 e. The van der Waals surface area contributed by atoms with Gasteiger partial charge in [0, 0.05) is 18.1 Å². The number of pyridine rings is 1. The van der Waals surface area contributed by atoms with Gasteiger partial charge in [-0.05, 0) is 25.0 Å². The molecule has 1 unspecified atom stereocenters. The maximum Gasteiger partial charge on any atom is 0.0871 e. The number of nitrogens with zero attached hydrogens (tertiary/aromatic N) is 1. The molecule has 1 heterocycles. The Bertz CT molecular complexity index is 312. The van der Waals surface area contributed by atoms with Gasteiger partial charge in [-0.1, -0.05) is 12.8 Å². The zero-order valence-corrected chi connectivity index (χ0v) is 8.04. The van der Waals surface area contributed by atoms with Crippen LogP contribution in [0, 0.1) is 19.3 Å². The van der Waals surface area contributed by atoms with Crippen molar-refractivity contribution in [2.45, 2.75) is 26.3 Å². The Balaban J connectivity index is 2.74. The van der Waals surface area contributed by atoms with Crippen molar-refractivity contribution in [3.05, 3.63) is 24.0 Å². The molecule has 0 radical (unpaired) electrons. The fourth-order valence-electron chi connectivity index (χ4n) is 1.08. The number of hydrogen-bond donors (Lipinski definition) is 1. The summed E-state index contributed by atoms with van der Waals surface area (Å²) in [5.74, 6) is 2.70. The second-order valence-corrected chi connectivity index (χ2v) is 2.96. The molecule has 1 N–H and O–H groups in total. The van der Waals surface area contributed by atoms with Crippen LogP contribution in [0.15, 0.2) is 18.5 Å². The van der Waals surface area contributed by atoms with E-state index in [1.54, 1.807) is 6.20 Å². The van der Waals surface area contributed by atoms with E-state index in [1.807, 2.05) is 19.2 Å². The fraction of sp³-hybridized carbons (Fsp3) is 0.364. The van der Waals surface area contributed by atoms with E-state index in [2.05, 4.69) is 23.1 Å². The lowest BCUT2D eigenvalue weighted by atomic mass is 10.2. The van der Waals surface area contributed by atoms with Crippen LogP contribution in [0.2, 0.25) is 0 Å². The van der Waals surface area contributed by atoms with Gasteiger partial charge in [0.25, 0.3) is 0 Å². The molecular formula is C11H14N2. The van der Waals surface area contributed by atoms with Gasteiger partial charge in [-0.15, -0.1) is 6.42 Å². The van der Waals surface area contributed by atoms with Crippen molar-refractivity contribution in [2.24, 2.45) is 0 Å². The van der Waals surface area contributed by atoms with Gasteiger partial charge in [0.2, 0.25) is 0 Å². The lowest BCUT2D eigenvalue weighted by Gasteiger charge is -2.13. The first kappa shape index (κ1) is 9.60. The summed E-state index contributed by atoms with van der Waals surface area (Å²) in [7, 11) is 0. The molecule has 1 atom stereocenters. The number of aryl methyl sites for hydroxylation is 1. The first-order valence-corrected chi connectivity index (χ1v) is 4.41. The number of nitrogens with one attached hydrogen (secondary N) is 1. The smallest absolute Gasteiger partial charge is 0.0871 e. The number of hydrogen-bond acceptors (Lipinski definition) is 2. The monoisotopic (exact) mass is 174 g/mol. The zero-order chi connectivity index (χ0) is 9.68. The molecule has 2 heteroatoms. The van der Waals surface area contributed by atoms with Gasteiger partial charge in [0.1, 0.15) is 0 Å². The summed E-state index contributed by atoms with van der Waals surface area (Å²) in [5, 5.41) is 3.27. The van der Waals surface area contributed by atoms with Crippen LogP contribution in [-0.4, -0.2) is 11.0 Å². The Morgan fingerprint density at radius 3 is 3.00 bits per heavy atom. The predicted molar refractivity (Wildman–Crippen MR) is 55.5 cm³/mol. The predicted octanol–water partition coefficient (Wildman–Crippen LogP) is 2.21. The molecule has 0 saturated heterocycles. The molecule has 2 nitrogen and oxygen atoms in total. The van der Waals surface area contributed by atoms with Crippen LogP contribution in [0.1, 0.15) is 18.9 Å². The Morgan fingerprint density at radius 1 is 1.69 bits per heavy atom. The number of anilines is 1. The molecule has 1 rings (SSSR count). The highest BCUT2D eigenvalue weighted by Crippen LogP contribution is 2.13. The second kappa shape index (κ2) is 4.51. The molecule has 0 fully saturated rings. The molecule has 0 aliphatic rings. The summed E-state index contributed by atoms with van der Waals surface area (Å²) < 4.78 is 0. The van der Waals surface area contributed by atoms with Crippen LogP contribution in [0.3, 0.4) is 0 Å². The maximum absolute atomic E-state index is 5.35. The molecule has 0 bridgehead atoms. The van der Waals surface area contributed by atoms with Crippen LogP contribution < -0.4 is 5.32 Å². The van der Waals surface area contributed by atoms with Gasteiger partial charge in [-0.3, -0.25) is 4.98 Å². The quantitative estimate of drug-likeness (QED) is 0.711. The van der Waals surface area contributed by atoms with Crippen LogP contribution in [0.5, 0.6) is 0 Å². The lowest BCUT2D eigenvalue weighted by Crippen LogP contribution is -2.16. The maximum atomic E-state index is 5.35. The third kappa shape index (κ3) is 2.48. The minimum absolute atomic E-state index is 0.112. The summed E-state index contributed by atoms with van der Waals surface area (Å²) in [5.41, 5.74) is 2.19.